The average molecular weight is 275 g/mol. The van der Waals surface area contributed by atoms with E-state index in [1.54, 1.807) is 11.9 Å². The van der Waals surface area contributed by atoms with Crippen LogP contribution < -0.4 is 0 Å². The fraction of sp³-hybridized carbons (Fsp3) is 0.375. The van der Waals surface area contributed by atoms with E-state index in [-0.39, 0.29) is 11.3 Å². The number of carbonyl (C=O) groups excluding carboxylic acids is 1. The van der Waals surface area contributed by atoms with Gasteiger partial charge in [-0.2, -0.15) is 0 Å². The molecule has 0 radical (unpaired) electrons. The van der Waals surface area contributed by atoms with Crippen molar-refractivity contribution >= 4 is 18.0 Å². The Morgan fingerprint density at radius 2 is 1.75 bits per heavy atom. The van der Waals surface area contributed by atoms with E-state index in [0.29, 0.717) is 6.54 Å². The Bertz CT molecular complexity index is 510. The summed E-state index contributed by atoms with van der Waals surface area (Å²) in [5.74, 6) is -0.878. The van der Waals surface area contributed by atoms with Crippen LogP contribution in [-0.2, 0) is 16.1 Å². The highest BCUT2D eigenvalue weighted by Crippen LogP contribution is 2.18. The van der Waals surface area contributed by atoms with Crippen LogP contribution in [0.1, 0.15) is 31.9 Å². The van der Waals surface area contributed by atoms with Crippen molar-refractivity contribution in [3.8, 4) is 0 Å². The first-order valence-corrected chi connectivity index (χ1v) is 6.45. The number of carboxylic acid groups (broad SMARTS) is 1. The zero-order valence-electron chi connectivity index (χ0n) is 12.4. The maximum absolute atomic E-state index is 12.1. The molecule has 20 heavy (non-hydrogen) atoms. The first-order valence-electron chi connectivity index (χ1n) is 6.45. The zero-order chi connectivity index (χ0) is 15.3. The van der Waals surface area contributed by atoms with E-state index in [9.17, 15) is 9.59 Å². The molecule has 108 valence electrons. The lowest BCUT2D eigenvalue weighted by molar-refractivity contribution is -0.138. The van der Waals surface area contributed by atoms with Crippen molar-refractivity contribution in [2.45, 2.75) is 27.3 Å². The standard InChI is InChI=1S/C16H21NO3/c1-16(2,3)15(20)17(4)11-13-7-5-12(6-8-13)9-10-14(18)19/h5-10H,11H2,1-4H3,(H,18,19). The van der Waals surface area contributed by atoms with Crippen LogP contribution in [0.3, 0.4) is 0 Å². The van der Waals surface area contributed by atoms with Crippen LogP contribution >= 0.6 is 0 Å². The third-order valence-electron chi connectivity index (χ3n) is 2.81. The molecule has 0 bridgehead atoms. The van der Waals surface area contributed by atoms with Crippen molar-refractivity contribution in [2.75, 3.05) is 7.05 Å². The Hall–Kier alpha value is -2.10. The van der Waals surface area contributed by atoms with Crippen LogP contribution in [0.15, 0.2) is 30.3 Å². The third kappa shape index (κ3) is 4.88. The van der Waals surface area contributed by atoms with Crippen LogP contribution in [0.5, 0.6) is 0 Å². The van der Waals surface area contributed by atoms with Gasteiger partial charge in [-0.15, -0.1) is 0 Å². The van der Waals surface area contributed by atoms with Gasteiger partial charge in [0.15, 0.2) is 0 Å². The van der Waals surface area contributed by atoms with E-state index in [1.165, 1.54) is 6.08 Å². The minimum Gasteiger partial charge on any atom is -0.478 e. The van der Waals surface area contributed by atoms with Crippen molar-refractivity contribution in [2.24, 2.45) is 5.41 Å². The van der Waals surface area contributed by atoms with Crippen LogP contribution in [0.2, 0.25) is 0 Å². The lowest BCUT2D eigenvalue weighted by atomic mass is 9.95. The summed E-state index contributed by atoms with van der Waals surface area (Å²) in [5, 5.41) is 8.55. The summed E-state index contributed by atoms with van der Waals surface area (Å²) in [6.45, 7) is 6.22. The highest BCUT2D eigenvalue weighted by atomic mass is 16.4. The van der Waals surface area contributed by atoms with E-state index in [0.717, 1.165) is 17.2 Å². The summed E-state index contributed by atoms with van der Waals surface area (Å²) >= 11 is 0. The first kappa shape index (κ1) is 16.0. The predicted molar refractivity (Wildman–Crippen MR) is 79.0 cm³/mol. The van der Waals surface area contributed by atoms with Gasteiger partial charge >= 0.3 is 5.97 Å². The SMILES string of the molecule is CN(Cc1ccc(C=CC(=O)O)cc1)C(=O)C(C)(C)C. The Morgan fingerprint density at radius 1 is 1.20 bits per heavy atom. The molecular weight excluding hydrogens is 254 g/mol. The lowest BCUT2D eigenvalue weighted by Gasteiger charge is -2.26. The van der Waals surface area contributed by atoms with Crippen LogP contribution in [-0.4, -0.2) is 28.9 Å². The van der Waals surface area contributed by atoms with E-state index < -0.39 is 5.97 Å². The molecule has 0 heterocycles. The van der Waals surface area contributed by atoms with Gasteiger partial charge in [-0.1, -0.05) is 45.0 Å². The Balaban J connectivity index is 2.71. The van der Waals surface area contributed by atoms with E-state index >= 15 is 0 Å². The second-order valence-corrected chi connectivity index (χ2v) is 5.82. The van der Waals surface area contributed by atoms with Crippen molar-refractivity contribution < 1.29 is 14.7 Å². The number of benzene rings is 1. The first-order chi connectivity index (χ1) is 9.20. The monoisotopic (exact) mass is 275 g/mol. The molecule has 0 atom stereocenters. The average Bonchev–Trinajstić information content (AvgIpc) is 2.35. The molecule has 1 aromatic rings. The summed E-state index contributed by atoms with van der Waals surface area (Å²) in [5.41, 5.74) is 1.44. The summed E-state index contributed by atoms with van der Waals surface area (Å²) in [6, 6.07) is 7.47. The van der Waals surface area contributed by atoms with Crippen LogP contribution in [0, 0.1) is 5.41 Å². The molecule has 0 saturated heterocycles. The maximum Gasteiger partial charge on any atom is 0.328 e. The lowest BCUT2D eigenvalue weighted by Crippen LogP contribution is -2.36. The predicted octanol–water partition coefficient (Wildman–Crippen LogP) is 2.79. The van der Waals surface area contributed by atoms with Gasteiger partial charge in [0.05, 0.1) is 0 Å². The van der Waals surface area contributed by atoms with Crippen molar-refractivity contribution in [3.05, 3.63) is 41.5 Å². The third-order valence-corrected chi connectivity index (χ3v) is 2.81. The summed E-state index contributed by atoms with van der Waals surface area (Å²) in [6.07, 6.45) is 2.64. The summed E-state index contributed by atoms with van der Waals surface area (Å²) in [7, 11) is 1.78. The quantitative estimate of drug-likeness (QED) is 0.860. The summed E-state index contributed by atoms with van der Waals surface area (Å²) in [4.78, 5) is 24.2. The maximum atomic E-state index is 12.1. The van der Waals surface area contributed by atoms with Gasteiger partial charge in [0.2, 0.25) is 5.91 Å². The smallest absolute Gasteiger partial charge is 0.328 e. The van der Waals surface area contributed by atoms with Crippen molar-refractivity contribution in [1.82, 2.24) is 4.90 Å². The van der Waals surface area contributed by atoms with Crippen LogP contribution in [0.25, 0.3) is 6.08 Å². The van der Waals surface area contributed by atoms with Gasteiger partial charge in [0.1, 0.15) is 0 Å². The molecule has 0 spiro atoms. The number of aliphatic carboxylic acids is 1. The molecule has 1 N–H and O–H groups in total. The molecule has 4 nitrogen and oxygen atoms in total. The molecule has 1 rings (SSSR count). The van der Waals surface area contributed by atoms with E-state index in [1.807, 2.05) is 45.0 Å². The minimum absolute atomic E-state index is 0.0901. The molecule has 4 heteroatoms. The normalized spacial score (nSPS) is 11.6. The van der Waals surface area contributed by atoms with Crippen LogP contribution in [0.4, 0.5) is 0 Å². The highest BCUT2D eigenvalue weighted by molar-refractivity contribution is 5.85. The molecule has 1 amide bonds. The Labute approximate surface area is 119 Å². The van der Waals surface area contributed by atoms with Crippen molar-refractivity contribution in [1.29, 1.82) is 0 Å². The van der Waals surface area contributed by atoms with Crippen molar-refractivity contribution in [3.63, 3.8) is 0 Å². The summed E-state index contributed by atoms with van der Waals surface area (Å²) < 4.78 is 0. The van der Waals surface area contributed by atoms with Gasteiger partial charge in [0.25, 0.3) is 0 Å². The number of rotatable bonds is 4. The minimum atomic E-state index is -0.968. The number of carbonyl (C=O) groups is 2. The molecule has 0 saturated carbocycles. The molecule has 0 unspecified atom stereocenters. The Kier molecular flexibility index (Phi) is 5.08. The molecule has 1 aromatic carbocycles. The molecule has 0 aliphatic rings. The molecule has 0 fully saturated rings. The fourth-order valence-electron chi connectivity index (χ4n) is 1.82. The number of hydrogen-bond acceptors (Lipinski definition) is 2. The topological polar surface area (TPSA) is 57.6 Å². The van der Waals surface area contributed by atoms with Gasteiger partial charge < -0.3 is 10.0 Å². The molecule has 0 aromatic heterocycles. The molecular formula is C16H21NO3. The van der Waals surface area contributed by atoms with Gasteiger partial charge in [-0.05, 0) is 17.2 Å². The molecule has 0 aliphatic heterocycles. The number of carboxylic acids is 1. The van der Waals surface area contributed by atoms with Gasteiger partial charge in [-0.3, -0.25) is 4.79 Å². The molecule has 0 aliphatic carbocycles. The number of hydrogen-bond donors (Lipinski definition) is 1. The van der Waals surface area contributed by atoms with Gasteiger partial charge in [-0.25, -0.2) is 4.79 Å². The second-order valence-electron chi connectivity index (χ2n) is 5.82. The number of amides is 1. The number of nitrogens with zero attached hydrogens (tertiary/aromatic N) is 1. The largest absolute Gasteiger partial charge is 0.478 e. The van der Waals surface area contributed by atoms with Gasteiger partial charge in [0, 0.05) is 25.1 Å². The van der Waals surface area contributed by atoms with E-state index in [2.05, 4.69) is 0 Å². The highest BCUT2D eigenvalue weighted by Gasteiger charge is 2.24. The Morgan fingerprint density at radius 3 is 2.20 bits per heavy atom. The second kappa shape index (κ2) is 6.37. The fourth-order valence-corrected chi connectivity index (χ4v) is 1.82. The zero-order valence-corrected chi connectivity index (χ0v) is 12.4. The van der Waals surface area contributed by atoms with E-state index in [4.69, 9.17) is 5.11 Å².